The summed E-state index contributed by atoms with van der Waals surface area (Å²) >= 11 is 1.75. The number of thiophene rings is 1. The fraction of sp³-hybridized carbons (Fsp3) is 0.148. The number of amides is 1. The standard InChI is InChI=1S/C27H23N7OS/c1-3-4-25(35)30-17-9-16(11-28-12-17)20-6-7-21-26(32-20)27(34-33-21)22-10-18-19(13-29-14-23(18)31-22)24-8-5-15(2)36-24/h5-14,31H,3-4H2,1-2H3,(H,30,35)(H,33,34). The Balaban J connectivity index is 1.40. The van der Waals surface area contributed by atoms with Gasteiger partial charge in [-0.25, -0.2) is 4.98 Å². The molecule has 0 aliphatic rings. The number of hydrogen-bond donors (Lipinski definition) is 3. The van der Waals surface area contributed by atoms with Gasteiger partial charge < -0.3 is 10.3 Å². The molecule has 0 aliphatic heterocycles. The van der Waals surface area contributed by atoms with Gasteiger partial charge in [-0.3, -0.25) is 19.9 Å². The van der Waals surface area contributed by atoms with E-state index in [1.165, 1.54) is 9.75 Å². The number of carbonyl (C=O) groups excluding carboxylic acids is 1. The minimum atomic E-state index is -0.0256. The molecule has 0 bridgehead atoms. The maximum Gasteiger partial charge on any atom is 0.224 e. The molecule has 0 saturated heterocycles. The molecule has 0 unspecified atom stereocenters. The van der Waals surface area contributed by atoms with Gasteiger partial charge in [0.25, 0.3) is 0 Å². The van der Waals surface area contributed by atoms with Gasteiger partial charge >= 0.3 is 0 Å². The van der Waals surface area contributed by atoms with Crippen LogP contribution in [0, 0.1) is 6.92 Å². The van der Waals surface area contributed by atoms with Crippen LogP contribution in [0.15, 0.2) is 61.2 Å². The number of anilines is 1. The quantitative estimate of drug-likeness (QED) is 0.251. The van der Waals surface area contributed by atoms with E-state index in [0.29, 0.717) is 12.1 Å². The fourth-order valence-corrected chi connectivity index (χ4v) is 5.19. The molecule has 0 saturated carbocycles. The predicted octanol–water partition coefficient (Wildman–Crippen LogP) is 6.34. The number of pyridine rings is 3. The van der Waals surface area contributed by atoms with E-state index in [0.717, 1.165) is 56.6 Å². The monoisotopic (exact) mass is 493 g/mol. The lowest BCUT2D eigenvalue weighted by Crippen LogP contribution is -2.10. The fourth-order valence-electron chi connectivity index (χ4n) is 4.30. The molecule has 6 heterocycles. The summed E-state index contributed by atoms with van der Waals surface area (Å²) in [4.78, 5) is 31.6. The van der Waals surface area contributed by atoms with Crippen LogP contribution < -0.4 is 5.32 Å². The van der Waals surface area contributed by atoms with Crippen molar-refractivity contribution in [2.75, 3.05) is 5.32 Å². The van der Waals surface area contributed by atoms with Crippen LogP contribution in [0.4, 0.5) is 5.69 Å². The molecule has 0 atom stereocenters. The molecule has 0 fully saturated rings. The van der Waals surface area contributed by atoms with E-state index in [1.807, 2.05) is 37.5 Å². The lowest BCUT2D eigenvalue weighted by Gasteiger charge is -2.06. The van der Waals surface area contributed by atoms with Crippen molar-refractivity contribution < 1.29 is 4.79 Å². The molecule has 0 aromatic carbocycles. The Hall–Kier alpha value is -4.37. The molecule has 6 aromatic heterocycles. The van der Waals surface area contributed by atoms with Gasteiger partial charge in [0.2, 0.25) is 5.91 Å². The van der Waals surface area contributed by atoms with E-state index < -0.39 is 0 Å². The first-order chi connectivity index (χ1) is 17.6. The molecule has 36 heavy (non-hydrogen) atoms. The Morgan fingerprint density at radius 1 is 1.03 bits per heavy atom. The average Bonchev–Trinajstić information content (AvgIpc) is 3.61. The van der Waals surface area contributed by atoms with Gasteiger partial charge in [-0.2, -0.15) is 5.10 Å². The van der Waals surface area contributed by atoms with Crippen molar-refractivity contribution in [3.05, 3.63) is 66.1 Å². The van der Waals surface area contributed by atoms with Gasteiger partial charge in [0.15, 0.2) is 0 Å². The van der Waals surface area contributed by atoms with Crippen LogP contribution in [-0.4, -0.2) is 36.0 Å². The van der Waals surface area contributed by atoms with Crippen molar-refractivity contribution >= 4 is 44.9 Å². The number of nitrogens with one attached hydrogen (secondary N) is 3. The van der Waals surface area contributed by atoms with Crippen molar-refractivity contribution in [2.45, 2.75) is 26.7 Å². The van der Waals surface area contributed by atoms with Gasteiger partial charge in [-0.15, -0.1) is 11.3 Å². The van der Waals surface area contributed by atoms with Gasteiger partial charge in [-0.05, 0) is 49.7 Å². The van der Waals surface area contributed by atoms with Gasteiger partial charge in [0, 0.05) is 45.1 Å². The predicted molar refractivity (Wildman–Crippen MR) is 144 cm³/mol. The first-order valence-corrected chi connectivity index (χ1v) is 12.5. The van der Waals surface area contributed by atoms with Crippen LogP contribution in [0.1, 0.15) is 24.6 Å². The molecular weight excluding hydrogens is 470 g/mol. The molecule has 0 spiro atoms. The normalized spacial score (nSPS) is 11.4. The molecule has 0 aliphatic carbocycles. The molecule has 9 heteroatoms. The summed E-state index contributed by atoms with van der Waals surface area (Å²) in [6.45, 7) is 4.08. The topological polar surface area (TPSA) is 112 Å². The van der Waals surface area contributed by atoms with E-state index in [4.69, 9.17) is 4.98 Å². The minimum Gasteiger partial charge on any atom is -0.352 e. The number of nitrogens with zero attached hydrogens (tertiary/aromatic N) is 4. The minimum absolute atomic E-state index is 0.0256. The smallest absolute Gasteiger partial charge is 0.224 e. The summed E-state index contributed by atoms with van der Waals surface area (Å²) in [5.41, 5.74) is 7.43. The zero-order valence-electron chi connectivity index (χ0n) is 19.8. The Morgan fingerprint density at radius 3 is 2.75 bits per heavy atom. The SMILES string of the molecule is CCCC(=O)Nc1cncc(-c2ccc3[nH]nc(-c4cc5c(-c6ccc(C)s6)cncc5[nH]4)c3n2)c1. The molecule has 178 valence electrons. The Kier molecular flexibility index (Phi) is 5.54. The van der Waals surface area contributed by atoms with Crippen LogP contribution in [0.5, 0.6) is 0 Å². The van der Waals surface area contributed by atoms with Gasteiger partial charge in [-0.1, -0.05) is 6.92 Å². The summed E-state index contributed by atoms with van der Waals surface area (Å²) in [5.74, 6) is -0.0256. The van der Waals surface area contributed by atoms with Crippen LogP contribution in [-0.2, 0) is 4.79 Å². The number of carbonyl (C=O) groups is 1. The third-order valence-electron chi connectivity index (χ3n) is 6.01. The van der Waals surface area contributed by atoms with E-state index in [-0.39, 0.29) is 5.91 Å². The zero-order valence-corrected chi connectivity index (χ0v) is 20.6. The number of hydrogen-bond acceptors (Lipinski definition) is 6. The molecule has 8 nitrogen and oxygen atoms in total. The van der Waals surface area contributed by atoms with E-state index in [2.05, 4.69) is 55.6 Å². The summed E-state index contributed by atoms with van der Waals surface area (Å²) in [6.07, 6.45) is 8.39. The van der Waals surface area contributed by atoms with Crippen molar-refractivity contribution in [1.82, 2.24) is 30.1 Å². The Labute approximate surface area is 210 Å². The van der Waals surface area contributed by atoms with Crippen molar-refractivity contribution in [2.24, 2.45) is 0 Å². The van der Waals surface area contributed by atoms with Crippen molar-refractivity contribution in [3.8, 4) is 33.1 Å². The molecule has 0 radical (unpaired) electrons. The molecule has 6 rings (SSSR count). The number of rotatable bonds is 6. The lowest BCUT2D eigenvalue weighted by molar-refractivity contribution is -0.116. The summed E-state index contributed by atoms with van der Waals surface area (Å²) in [5, 5.41) is 11.7. The highest BCUT2D eigenvalue weighted by atomic mass is 32.1. The number of aromatic nitrogens is 6. The van der Waals surface area contributed by atoms with Crippen LogP contribution >= 0.6 is 11.3 Å². The molecule has 3 N–H and O–H groups in total. The summed E-state index contributed by atoms with van der Waals surface area (Å²) < 4.78 is 0. The van der Waals surface area contributed by atoms with Crippen LogP contribution in [0.2, 0.25) is 0 Å². The third kappa shape index (κ3) is 4.03. The number of fused-ring (bicyclic) bond motifs is 2. The third-order valence-corrected chi connectivity index (χ3v) is 7.04. The Morgan fingerprint density at radius 2 is 1.92 bits per heavy atom. The van der Waals surface area contributed by atoms with E-state index in [9.17, 15) is 4.79 Å². The Bertz CT molecular complexity index is 1730. The molecule has 1 amide bonds. The highest BCUT2D eigenvalue weighted by Crippen LogP contribution is 2.36. The largest absolute Gasteiger partial charge is 0.352 e. The van der Waals surface area contributed by atoms with Gasteiger partial charge in [0.1, 0.15) is 11.2 Å². The number of aromatic amines is 2. The second-order valence-electron chi connectivity index (χ2n) is 8.67. The van der Waals surface area contributed by atoms with Crippen molar-refractivity contribution in [3.63, 3.8) is 0 Å². The second kappa shape index (κ2) is 9.01. The number of H-pyrrole nitrogens is 2. The summed E-state index contributed by atoms with van der Waals surface area (Å²) in [7, 11) is 0. The van der Waals surface area contributed by atoms with E-state index >= 15 is 0 Å². The molecular formula is C27H23N7OS. The maximum absolute atomic E-state index is 12.0. The lowest BCUT2D eigenvalue weighted by atomic mass is 10.1. The molecule has 6 aromatic rings. The first-order valence-electron chi connectivity index (χ1n) is 11.7. The maximum atomic E-state index is 12.0. The van der Waals surface area contributed by atoms with Crippen LogP contribution in [0.25, 0.3) is 55.0 Å². The summed E-state index contributed by atoms with van der Waals surface area (Å²) in [6, 6.07) is 12.1. The van der Waals surface area contributed by atoms with Gasteiger partial charge in [0.05, 0.1) is 40.5 Å². The second-order valence-corrected chi connectivity index (χ2v) is 9.95. The number of aryl methyl sites for hydroxylation is 1. The van der Waals surface area contributed by atoms with Crippen LogP contribution in [0.3, 0.4) is 0 Å². The average molecular weight is 494 g/mol. The van der Waals surface area contributed by atoms with E-state index in [1.54, 1.807) is 23.7 Å². The van der Waals surface area contributed by atoms with Crippen molar-refractivity contribution in [1.29, 1.82) is 0 Å². The first kappa shape index (κ1) is 22.1. The highest BCUT2D eigenvalue weighted by Gasteiger charge is 2.16. The highest BCUT2D eigenvalue weighted by molar-refractivity contribution is 7.15. The zero-order chi connectivity index (χ0) is 24.6.